The summed E-state index contributed by atoms with van der Waals surface area (Å²) in [6.45, 7) is 1.79. The Bertz CT molecular complexity index is 774. The van der Waals surface area contributed by atoms with Crippen molar-refractivity contribution < 1.29 is 21.6 Å². The number of sulfone groups is 1. The molecular weight excluding hydrogens is 365 g/mol. The summed E-state index contributed by atoms with van der Waals surface area (Å²) in [5.74, 6) is 0.717. The molecule has 4 nitrogen and oxygen atoms in total. The number of halogens is 3. The highest BCUT2D eigenvalue weighted by Gasteiger charge is 2.53. The predicted octanol–water partition coefficient (Wildman–Crippen LogP) is 3.25. The molecule has 1 aromatic heterocycles. The second kappa shape index (κ2) is 6.19. The highest BCUT2D eigenvalue weighted by Crippen LogP contribution is 2.44. The van der Waals surface area contributed by atoms with Crippen molar-refractivity contribution in [1.29, 1.82) is 0 Å². The molecule has 0 aromatic carbocycles. The van der Waals surface area contributed by atoms with Crippen molar-refractivity contribution in [3.63, 3.8) is 0 Å². The molecule has 1 aliphatic carbocycles. The van der Waals surface area contributed by atoms with Gasteiger partial charge in [0.05, 0.1) is 11.5 Å². The lowest BCUT2D eigenvalue weighted by molar-refractivity contribution is -0.141. The van der Waals surface area contributed by atoms with Gasteiger partial charge in [0.15, 0.2) is 9.84 Å². The average Bonchev–Trinajstić information content (AvgIpc) is 2.98. The summed E-state index contributed by atoms with van der Waals surface area (Å²) >= 11 is 0. The zero-order valence-corrected chi connectivity index (χ0v) is 15.3. The van der Waals surface area contributed by atoms with Gasteiger partial charge in [0, 0.05) is 29.6 Å². The summed E-state index contributed by atoms with van der Waals surface area (Å²) in [5.41, 5.74) is -0.302. The van der Waals surface area contributed by atoms with Gasteiger partial charge in [0.1, 0.15) is 5.69 Å². The molecule has 0 amide bonds. The molecule has 3 fully saturated rings. The van der Waals surface area contributed by atoms with Crippen LogP contribution in [0, 0.1) is 5.41 Å². The number of hydrogen-bond donors (Lipinski definition) is 0. The zero-order chi connectivity index (χ0) is 18.6. The quantitative estimate of drug-likeness (QED) is 0.781. The van der Waals surface area contributed by atoms with E-state index in [0.717, 1.165) is 51.3 Å². The Morgan fingerprint density at radius 2 is 1.81 bits per heavy atom. The van der Waals surface area contributed by atoms with Crippen molar-refractivity contribution in [3.05, 3.63) is 29.6 Å². The first-order valence-corrected chi connectivity index (χ1v) is 11.0. The first kappa shape index (κ1) is 18.2. The lowest BCUT2D eigenvalue weighted by Crippen LogP contribution is -2.51. The summed E-state index contributed by atoms with van der Waals surface area (Å²) in [4.78, 5) is 6.25. The summed E-state index contributed by atoms with van der Waals surface area (Å²) < 4.78 is 61.6. The molecule has 1 aromatic rings. The van der Waals surface area contributed by atoms with E-state index in [2.05, 4.69) is 9.88 Å². The number of likely N-dealkylation sites (tertiary alicyclic amines) is 1. The standard InChI is InChI=1S/C18H23F3N2O2S/c19-18(20,21)16-3-1-2-15(22-16)13-4-6-14(7-5-13)23-9-8-17(10-23)11-26(24,25)12-17/h1-3,13-14H,4-12H2. The van der Waals surface area contributed by atoms with Crippen LogP contribution in [0.3, 0.4) is 0 Å². The Morgan fingerprint density at radius 3 is 2.42 bits per heavy atom. The van der Waals surface area contributed by atoms with Crippen LogP contribution in [0.4, 0.5) is 13.2 Å². The Hall–Kier alpha value is -1.15. The SMILES string of the molecule is O=S1(=O)CC2(CCN(C3CCC(c4cccc(C(F)(F)F)n4)CC3)C2)C1. The number of nitrogens with zero attached hydrogens (tertiary/aromatic N) is 2. The molecule has 1 saturated carbocycles. The van der Waals surface area contributed by atoms with Crippen molar-refractivity contribution in [2.75, 3.05) is 24.6 Å². The van der Waals surface area contributed by atoms with E-state index in [4.69, 9.17) is 0 Å². The van der Waals surface area contributed by atoms with E-state index in [-0.39, 0.29) is 11.3 Å². The van der Waals surface area contributed by atoms with Crippen LogP contribution in [0.25, 0.3) is 0 Å². The van der Waals surface area contributed by atoms with Crippen molar-refractivity contribution in [2.24, 2.45) is 5.41 Å². The van der Waals surface area contributed by atoms with Crippen molar-refractivity contribution in [2.45, 2.75) is 50.2 Å². The molecule has 0 atom stereocenters. The van der Waals surface area contributed by atoms with Crippen molar-refractivity contribution in [1.82, 2.24) is 9.88 Å². The minimum atomic E-state index is -4.40. The van der Waals surface area contributed by atoms with Gasteiger partial charge in [-0.15, -0.1) is 0 Å². The number of alkyl halides is 3. The van der Waals surface area contributed by atoms with E-state index in [9.17, 15) is 21.6 Å². The van der Waals surface area contributed by atoms with E-state index in [0.29, 0.717) is 23.2 Å². The van der Waals surface area contributed by atoms with Crippen molar-refractivity contribution in [3.8, 4) is 0 Å². The number of hydrogen-bond acceptors (Lipinski definition) is 4. The molecule has 3 heterocycles. The maximum atomic E-state index is 12.9. The van der Waals surface area contributed by atoms with E-state index in [1.807, 2.05) is 0 Å². The summed E-state index contributed by atoms with van der Waals surface area (Å²) in [6.07, 6.45) is 0.0833. The summed E-state index contributed by atoms with van der Waals surface area (Å²) in [5, 5.41) is 0. The normalized spacial score (nSPS) is 31.0. The second-order valence-corrected chi connectivity index (χ2v) is 10.3. The molecule has 144 valence electrons. The minimum absolute atomic E-state index is 0.0295. The third kappa shape index (κ3) is 3.50. The Kier molecular flexibility index (Phi) is 4.34. The monoisotopic (exact) mass is 388 g/mol. The van der Waals surface area contributed by atoms with Gasteiger partial charge in [0.2, 0.25) is 0 Å². The second-order valence-electron chi connectivity index (χ2n) is 8.20. The summed E-state index contributed by atoms with van der Waals surface area (Å²) in [7, 11) is -2.82. The van der Waals surface area contributed by atoms with E-state index in [1.165, 1.54) is 6.07 Å². The fourth-order valence-corrected chi connectivity index (χ4v) is 7.23. The highest BCUT2D eigenvalue weighted by molar-refractivity contribution is 7.92. The average molecular weight is 388 g/mol. The lowest BCUT2D eigenvalue weighted by Gasteiger charge is -2.40. The molecular formula is C18H23F3N2O2S. The fraction of sp³-hybridized carbons (Fsp3) is 0.722. The van der Waals surface area contributed by atoms with Crippen LogP contribution in [0.2, 0.25) is 0 Å². The molecule has 3 aliphatic rings. The van der Waals surface area contributed by atoms with Gasteiger partial charge < -0.3 is 0 Å². The molecule has 1 spiro atoms. The third-order valence-electron chi connectivity index (χ3n) is 6.21. The number of aromatic nitrogens is 1. The number of rotatable bonds is 2. The Morgan fingerprint density at radius 1 is 1.12 bits per heavy atom. The van der Waals surface area contributed by atoms with Crippen LogP contribution in [-0.4, -0.2) is 48.9 Å². The van der Waals surface area contributed by atoms with E-state index < -0.39 is 21.7 Å². The van der Waals surface area contributed by atoms with Crippen LogP contribution >= 0.6 is 0 Å². The maximum absolute atomic E-state index is 12.9. The molecule has 26 heavy (non-hydrogen) atoms. The van der Waals surface area contributed by atoms with Gasteiger partial charge in [-0.3, -0.25) is 4.90 Å². The fourth-order valence-electron chi connectivity index (χ4n) is 4.98. The first-order chi connectivity index (χ1) is 12.2. The molecule has 2 aliphatic heterocycles. The Balaban J connectivity index is 1.35. The number of pyridine rings is 1. The minimum Gasteiger partial charge on any atom is -0.300 e. The van der Waals surface area contributed by atoms with Gasteiger partial charge in [-0.05, 0) is 50.8 Å². The van der Waals surface area contributed by atoms with Gasteiger partial charge >= 0.3 is 6.18 Å². The van der Waals surface area contributed by atoms with Crippen LogP contribution < -0.4 is 0 Å². The van der Waals surface area contributed by atoms with Crippen LogP contribution in [0.1, 0.15) is 49.4 Å². The van der Waals surface area contributed by atoms with E-state index >= 15 is 0 Å². The van der Waals surface area contributed by atoms with Crippen LogP contribution in [0.15, 0.2) is 18.2 Å². The van der Waals surface area contributed by atoms with Gasteiger partial charge in [0.25, 0.3) is 0 Å². The maximum Gasteiger partial charge on any atom is 0.433 e. The lowest BCUT2D eigenvalue weighted by atomic mass is 9.83. The topological polar surface area (TPSA) is 50.3 Å². The van der Waals surface area contributed by atoms with Crippen LogP contribution in [-0.2, 0) is 16.0 Å². The largest absolute Gasteiger partial charge is 0.433 e. The van der Waals surface area contributed by atoms with Crippen molar-refractivity contribution >= 4 is 9.84 Å². The molecule has 0 unspecified atom stereocenters. The summed E-state index contributed by atoms with van der Waals surface area (Å²) in [6, 6.07) is 4.58. The van der Waals surface area contributed by atoms with Gasteiger partial charge in [-0.1, -0.05) is 6.07 Å². The molecule has 8 heteroatoms. The van der Waals surface area contributed by atoms with Gasteiger partial charge in [-0.2, -0.15) is 13.2 Å². The first-order valence-electron chi connectivity index (χ1n) is 9.15. The zero-order valence-electron chi connectivity index (χ0n) is 14.5. The molecule has 0 bridgehead atoms. The van der Waals surface area contributed by atoms with Gasteiger partial charge in [-0.25, -0.2) is 13.4 Å². The molecule has 0 radical (unpaired) electrons. The highest BCUT2D eigenvalue weighted by atomic mass is 32.2. The molecule has 2 saturated heterocycles. The smallest absolute Gasteiger partial charge is 0.300 e. The Labute approximate surface area is 151 Å². The van der Waals surface area contributed by atoms with Crippen LogP contribution in [0.5, 0.6) is 0 Å². The molecule has 0 N–H and O–H groups in total. The molecule has 4 rings (SSSR count). The van der Waals surface area contributed by atoms with E-state index in [1.54, 1.807) is 6.07 Å². The predicted molar refractivity (Wildman–Crippen MR) is 91.5 cm³/mol. The third-order valence-corrected chi connectivity index (χ3v) is 8.32.